The van der Waals surface area contributed by atoms with Crippen LogP contribution in [0.1, 0.15) is 13.3 Å². The third kappa shape index (κ3) is 2.70. The van der Waals surface area contributed by atoms with E-state index >= 15 is 0 Å². The zero-order chi connectivity index (χ0) is 14.8. The number of rotatable bonds is 2. The average molecular weight is 281 g/mol. The van der Waals surface area contributed by atoms with Gasteiger partial charge in [-0.1, -0.05) is 24.3 Å². The molecule has 0 fully saturated rings. The fourth-order valence-corrected chi connectivity index (χ4v) is 2.65. The molecule has 1 amide bonds. The van der Waals surface area contributed by atoms with Crippen LogP contribution >= 0.6 is 0 Å². The van der Waals surface area contributed by atoms with E-state index in [2.05, 4.69) is 34.1 Å². The van der Waals surface area contributed by atoms with Gasteiger partial charge in [0.2, 0.25) is 5.91 Å². The zero-order valence-electron chi connectivity index (χ0n) is 12.2. The summed E-state index contributed by atoms with van der Waals surface area (Å²) in [5, 5.41) is 9.54. The summed E-state index contributed by atoms with van der Waals surface area (Å²) in [5.74, 6) is 0.0523. The Kier molecular flexibility index (Phi) is 3.52. The molecule has 2 aromatic rings. The van der Waals surface area contributed by atoms with Gasteiger partial charge in [0.05, 0.1) is 11.4 Å². The Bertz CT molecular complexity index is 664. The van der Waals surface area contributed by atoms with Crippen LogP contribution in [0.3, 0.4) is 0 Å². The van der Waals surface area contributed by atoms with Gasteiger partial charge in [-0.05, 0) is 30.7 Å². The first kappa shape index (κ1) is 13.5. The van der Waals surface area contributed by atoms with Gasteiger partial charge >= 0.3 is 0 Å². The van der Waals surface area contributed by atoms with Crippen molar-refractivity contribution in [1.82, 2.24) is 0 Å². The van der Waals surface area contributed by atoms with E-state index < -0.39 is 0 Å². The Morgan fingerprint density at radius 1 is 1.14 bits per heavy atom. The Balaban J connectivity index is 2.07. The van der Waals surface area contributed by atoms with Crippen LogP contribution in [0.15, 0.2) is 42.5 Å². The maximum absolute atomic E-state index is 11.8. The van der Waals surface area contributed by atoms with Crippen LogP contribution < -0.4 is 16.0 Å². The van der Waals surface area contributed by atoms with Crippen molar-refractivity contribution >= 4 is 23.0 Å². The Morgan fingerprint density at radius 2 is 1.90 bits per heavy atom. The topological polar surface area (TPSA) is 53.2 Å². The highest BCUT2D eigenvalue weighted by atomic mass is 16.1. The summed E-state index contributed by atoms with van der Waals surface area (Å²) >= 11 is 0. The second-order valence-corrected chi connectivity index (χ2v) is 5.35. The number of para-hydroxylation sites is 1. The summed E-state index contributed by atoms with van der Waals surface area (Å²) in [6.45, 7) is 2.02. The molecule has 0 aliphatic carbocycles. The summed E-state index contributed by atoms with van der Waals surface area (Å²) in [6.07, 6.45) is 0.479. The van der Waals surface area contributed by atoms with Crippen LogP contribution in [-0.4, -0.2) is 19.0 Å². The van der Waals surface area contributed by atoms with Gasteiger partial charge in [-0.25, -0.2) is 0 Å². The van der Waals surface area contributed by atoms with Crippen molar-refractivity contribution in [1.29, 1.82) is 0 Å². The molecule has 2 aromatic carbocycles. The quantitative estimate of drug-likeness (QED) is 0.789. The summed E-state index contributed by atoms with van der Waals surface area (Å²) in [4.78, 5) is 11.8. The van der Waals surface area contributed by atoms with Gasteiger partial charge in [0.15, 0.2) is 0 Å². The zero-order valence-corrected chi connectivity index (χ0v) is 12.2. The molecule has 1 aliphatic heterocycles. The summed E-state index contributed by atoms with van der Waals surface area (Å²) in [7, 11) is 1.91. The molecule has 0 saturated carbocycles. The van der Waals surface area contributed by atoms with Crippen LogP contribution in [0, 0.1) is 0 Å². The third-order valence-electron chi connectivity index (χ3n) is 3.71. The predicted octanol–water partition coefficient (Wildman–Crippen LogP) is 3.54. The van der Waals surface area contributed by atoms with Gasteiger partial charge in [-0.2, -0.15) is 0 Å². The molecule has 0 saturated heterocycles. The number of hydrogen-bond acceptors (Lipinski definition) is 3. The van der Waals surface area contributed by atoms with Crippen molar-refractivity contribution in [2.45, 2.75) is 19.4 Å². The van der Waals surface area contributed by atoms with Crippen LogP contribution in [0.25, 0.3) is 11.1 Å². The second kappa shape index (κ2) is 5.48. The van der Waals surface area contributed by atoms with Gasteiger partial charge in [-0.15, -0.1) is 0 Å². The predicted molar refractivity (Wildman–Crippen MR) is 87.8 cm³/mol. The lowest BCUT2D eigenvalue weighted by Crippen LogP contribution is -2.19. The van der Waals surface area contributed by atoms with Crippen molar-refractivity contribution in [2.24, 2.45) is 0 Å². The molecule has 1 aliphatic rings. The van der Waals surface area contributed by atoms with Crippen LogP contribution in [0.5, 0.6) is 0 Å². The fourth-order valence-electron chi connectivity index (χ4n) is 2.65. The number of carbonyl (C=O) groups excluding carboxylic acids is 1. The van der Waals surface area contributed by atoms with E-state index in [1.807, 2.05) is 38.2 Å². The number of hydrogen-bond donors (Lipinski definition) is 3. The van der Waals surface area contributed by atoms with E-state index in [-0.39, 0.29) is 11.9 Å². The smallest absolute Gasteiger partial charge is 0.226 e. The molecular formula is C17H19N3O. The second-order valence-electron chi connectivity index (χ2n) is 5.35. The van der Waals surface area contributed by atoms with Gasteiger partial charge < -0.3 is 16.0 Å². The lowest BCUT2D eigenvalue weighted by molar-refractivity contribution is -0.116. The molecule has 0 spiro atoms. The van der Waals surface area contributed by atoms with E-state index in [1.165, 1.54) is 0 Å². The average Bonchev–Trinajstić information content (AvgIpc) is 2.63. The van der Waals surface area contributed by atoms with Crippen molar-refractivity contribution in [3.05, 3.63) is 42.5 Å². The number of benzene rings is 2. The normalized spacial score (nSPS) is 17.2. The highest BCUT2D eigenvalue weighted by Crippen LogP contribution is 2.36. The number of nitrogens with one attached hydrogen (secondary N) is 3. The largest absolute Gasteiger partial charge is 0.388 e. The van der Waals surface area contributed by atoms with Gasteiger partial charge in [0.1, 0.15) is 0 Å². The van der Waals surface area contributed by atoms with E-state index in [1.54, 1.807) is 0 Å². The first-order valence-electron chi connectivity index (χ1n) is 7.15. The number of fused-ring (bicyclic) bond motifs is 1. The van der Waals surface area contributed by atoms with Crippen LogP contribution in [0.4, 0.5) is 17.1 Å². The Labute approximate surface area is 124 Å². The van der Waals surface area contributed by atoms with Crippen molar-refractivity contribution in [3.8, 4) is 11.1 Å². The minimum Gasteiger partial charge on any atom is -0.388 e. The SMILES string of the molecule is CNc1ccc(-c2cccc3c2N[C@H](C)CC(=O)N3)cc1. The molecule has 0 aromatic heterocycles. The molecular weight excluding hydrogens is 262 g/mol. The van der Waals surface area contributed by atoms with E-state index in [4.69, 9.17) is 0 Å². The monoisotopic (exact) mass is 281 g/mol. The maximum atomic E-state index is 11.8. The lowest BCUT2D eigenvalue weighted by Gasteiger charge is -2.16. The summed E-state index contributed by atoms with van der Waals surface area (Å²) in [5.41, 5.74) is 5.15. The standard InChI is InChI=1S/C17H19N3O/c1-11-10-16(21)20-15-5-3-4-14(17(15)19-11)12-6-8-13(18-2)9-7-12/h3-9,11,18-19H,10H2,1-2H3,(H,20,21)/t11-/m1/s1. The highest BCUT2D eigenvalue weighted by Gasteiger charge is 2.20. The van der Waals surface area contributed by atoms with Gasteiger partial charge in [0.25, 0.3) is 0 Å². The molecule has 4 nitrogen and oxygen atoms in total. The molecule has 4 heteroatoms. The van der Waals surface area contributed by atoms with Crippen molar-refractivity contribution < 1.29 is 4.79 Å². The Hall–Kier alpha value is -2.49. The van der Waals surface area contributed by atoms with Crippen LogP contribution in [0.2, 0.25) is 0 Å². The molecule has 0 radical (unpaired) electrons. The third-order valence-corrected chi connectivity index (χ3v) is 3.71. The first-order chi connectivity index (χ1) is 10.2. The lowest BCUT2D eigenvalue weighted by atomic mass is 10.0. The van der Waals surface area contributed by atoms with Gasteiger partial charge in [0, 0.05) is 30.8 Å². The van der Waals surface area contributed by atoms with Crippen LogP contribution in [-0.2, 0) is 4.79 Å². The van der Waals surface area contributed by atoms with E-state index in [0.29, 0.717) is 6.42 Å². The minimum atomic E-state index is 0.0523. The van der Waals surface area contributed by atoms with Crippen molar-refractivity contribution in [2.75, 3.05) is 23.0 Å². The minimum absolute atomic E-state index is 0.0523. The molecule has 1 atom stereocenters. The summed E-state index contributed by atoms with van der Waals surface area (Å²) in [6, 6.07) is 14.4. The fraction of sp³-hybridized carbons (Fsp3) is 0.235. The molecule has 108 valence electrons. The summed E-state index contributed by atoms with van der Waals surface area (Å²) < 4.78 is 0. The van der Waals surface area contributed by atoms with Crippen molar-refractivity contribution in [3.63, 3.8) is 0 Å². The van der Waals surface area contributed by atoms with E-state index in [9.17, 15) is 4.79 Å². The van der Waals surface area contributed by atoms with E-state index in [0.717, 1.165) is 28.2 Å². The highest BCUT2D eigenvalue weighted by molar-refractivity contribution is 6.00. The maximum Gasteiger partial charge on any atom is 0.226 e. The number of anilines is 3. The van der Waals surface area contributed by atoms with Gasteiger partial charge in [-0.3, -0.25) is 4.79 Å². The molecule has 1 heterocycles. The molecule has 21 heavy (non-hydrogen) atoms. The molecule has 3 rings (SSSR count). The molecule has 0 bridgehead atoms. The molecule has 3 N–H and O–H groups in total. The molecule has 0 unspecified atom stereocenters. The Morgan fingerprint density at radius 3 is 2.62 bits per heavy atom. The number of amides is 1. The first-order valence-corrected chi connectivity index (χ1v) is 7.15. The number of carbonyl (C=O) groups is 1.